The second kappa shape index (κ2) is 5.82. The van der Waals surface area contributed by atoms with Gasteiger partial charge in [-0.25, -0.2) is 0 Å². The van der Waals surface area contributed by atoms with Crippen molar-refractivity contribution in [2.24, 2.45) is 5.92 Å². The summed E-state index contributed by atoms with van der Waals surface area (Å²) in [7, 11) is 0. The Balaban J connectivity index is 2.62. The number of halogens is 2. The molecule has 0 nitrogen and oxygen atoms in total. The van der Waals surface area contributed by atoms with E-state index in [1.807, 2.05) is 0 Å². The molecular formula is C11H14Br2. The Morgan fingerprint density at radius 1 is 1.23 bits per heavy atom. The number of benzene rings is 1. The normalized spacial score (nSPS) is 10.8. The first-order chi connectivity index (χ1) is 6.26. The van der Waals surface area contributed by atoms with E-state index >= 15 is 0 Å². The SMILES string of the molecule is Cc1cccc(CC(CBr)CBr)c1. The number of hydrogen-bond donors (Lipinski definition) is 0. The predicted octanol–water partition coefficient (Wildman–Crippen LogP) is 3.94. The maximum atomic E-state index is 3.52. The van der Waals surface area contributed by atoms with Crippen LogP contribution >= 0.6 is 31.9 Å². The van der Waals surface area contributed by atoms with Gasteiger partial charge in [-0.3, -0.25) is 0 Å². The molecule has 2 heteroatoms. The van der Waals surface area contributed by atoms with Crippen LogP contribution in [-0.4, -0.2) is 10.7 Å². The highest BCUT2D eigenvalue weighted by molar-refractivity contribution is 9.09. The molecule has 13 heavy (non-hydrogen) atoms. The number of aryl methyl sites for hydroxylation is 1. The molecule has 0 aromatic heterocycles. The van der Waals surface area contributed by atoms with Crippen LogP contribution in [0.2, 0.25) is 0 Å². The molecule has 0 bridgehead atoms. The zero-order chi connectivity index (χ0) is 9.68. The van der Waals surface area contributed by atoms with E-state index in [2.05, 4.69) is 63.0 Å². The molecule has 1 aromatic carbocycles. The third-order valence-electron chi connectivity index (χ3n) is 2.04. The molecule has 0 amide bonds. The average Bonchev–Trinajstić information content (AvgIpc) is 2.14. The number of alkyl halides is 2. The summed E-state index contributed by atoms with van der Waals surface area (Å²) in [6.45, 7) is 2.14. The average molecular weight is 306 g/mol. The van der Waals surface area contributed by atoms with Gasteiger partial charge < -0.3 is 0 Å². The molecule has 0 aliphatic rings. The van der Waals surface area contributed by atoms with E-state index in [4.69, 9.17) is 0 Å². The van der Waals surface area contributed by atoms with Gasteiger partial charge in [0, 0.05) is 10.7 Å². The molecule has 1 aromatic rings. The summed E-state index contributed by atoms with van der Waals surface area (Å²) in [5, 5.41) is 2.12. The Morgan fingerprint density at radius 2 is 1.92 bits per heavy atom. The van der Waals surface area contributed by atoms with Crippen LogP contribution in [0.3, 0.4) is 0 Å². The zero-order valence-corrected chi connectivity index (χ0v) is 10.9. The van der Waals surface area contributed by atoms with Crippen molar-refractivity contribution in [2.75, 3.05) is 10.7 Å². The van der Waals surface area contributed by atoms with Crippen molar-refractivity contribution < 1.29 is 0 Å². The summed E-state index contributed by atoms with van der Waals surface area (Å²) < 4.78 is 0. The maximum Gasteiger partial charge on any atom is 0.00708 e. The number of hydrogen-bond acceptors (Lipinski definition) is 0. The fourth-order valence-electron chi connectivity index (χ4n) is 1.32. The molecule has 1 rings (SSSR count). The summed E-state index contributed by atoms with van der Waals surface area (Å²) in [6.07, 6.45) is 1.15. The lowest BCUT2D eigenvalue weighted by Crippen LogP contribution is -2.07. The highest BCUT2D eigenvalue weighted by Gasteiger charge is 2.05. The van der Waals surface area contributed by atoms with Crippen LogP contribution < -0.4 is 0 Å². The van der Waals surface area contributed by atoms with Gasteiger partial charge in [-0.2, -0.15) is 0 Å². The van der Waals surface area contributed by atoms with Gasteiger partial charge >= 0.3 is 0 Å². The van der Waals surface area contributed by atoms with E-state index < -0.39 is 0 Å². The first-order valence-electron chi connectivity index (χ1n) is 4.43. The van der Waals surface area contributed by atoms with E-state index in [-0.39, 0.29) is 0 Å². The first-order valence-corrected chi connectivity index (χ1v) is 6.68. The van der Waals surface area contributed by atoms with Gasteiger partial charge in [-0.1, -0.05) is 61.7 Å². The smallest absolute Gasteiger partial charge is 0.00708 e. The lowest BCUT2D eigenvalue weighted by Gasteiger charge is -2.10. The molecule has 0 spiro atoms. The summed E-state index contributed by atoms with van der Waals surface area (Å²) in [5.41, 5.74) is 2.78. The lowest BCUT2D eigenvalue weighted by molar-refractivity contribution is 0.679. The molecule has 0 heterocycles. The Hall–Kier alpha value is 0.180. The molecule has 0 radical (unpaired) electrons. The third-order valence-corrected chi connectivity index (χ3v) is 3.87. The quantitative estimate of drug-likeness (QED) is 0.739. The minimum absolute atomic E-state index is 0.696. The largest absolute Gasteiger partial charge is 0.0925 e. The van der Waals surface area contributed by atoms with Crippen molar-refractivity contribution in [3.8, 4) is 0 Å². The van der Waals surface area contributed by atoms with Gasteiger partial charge in [-0.15, -0.1) is 0 Å². The first kappa shape index (κ1) is 11.3. The molecule has 0 unspecified atom stereocenters. The van der Waals surface area contributed by atoms with Crippen LogP contribution in [0.15, 0.2) is 24.3 Å². The molecular weight excluding hydrogens is 292 g/mol. The fourth-order valence-corrected chi connectivity index (χ4v) is 2.85. The molecule has 0 aliphatic heterocycles. The topological polar surface area (TPSA) is 0 Å². The molecule has 0 atom stereocenters. The molecule has 0 fully saturated rings. The van der Waals surface area contributed by atoms with Crippen molar-refractivity contribution in [3.63, 3.8) is 0 Å². The Morgan fingerprint density at radius 3 is 2.46 bits per heavy atom. The minimum atomic E-state index is 0.696. The molecule has 0 saturated heterocycles. The van der Waals surface area contributed by atoms with Crippen LogP contribution in [0, 0.1) is 12.8 Å². The van der Waals surface area contributed by atoms with E-state index in [0.29, 0.717) is 5.92 Å². The van der Waals surface area contributed by atoms with Crippen molar-refractivity contribution in [1.29, 1.82) is 0 Å². The van der Waals surface area contributed by atoms with Crippen LogP contribution in [-0.2, 0) is 6.42 Å². The van der Waals surface area contributed by atoms with Gasteiger partial charge in [0.15, 0.2) is 0 Å². The maximum absolute atomic E-state index is 3.52. The van der Waals surface area contributed by atoms with E-state index in [0.717, 1.165) is 17.1 Å². The van der Waals surface area contributed by atoms with Crippen LogP contribution in [0.5, 0.6) is 0 Å². The fraction of sp³-hybridized carbons (Fsp3) is 0.455. The van der Waals surface area contributed by atoms with Crippen LogP contribution in [0.4, 0.5) is 0 Å². The van der Waals surface area contributed by atoms with Gasteiger partial charge in [0.2, 0.25) is 0 Å². The summed E-state index contributed by atoms with van der Waals surface area (Å²) in [4.78, 5) is 0. The Labute approximate surface area is 97.0 Å². The molecule has 0 saturated carbocycles. The zero-order valence-electron chi connectivity index (χ0n) is 7.76. The third kappa shape index (κ3) is 3.82. The lowest BCUT2D eigenvalue weighted by atomic mass is 10.0. The van der Waals surface area contributed by atoms with Crippen LogP contribution in [0.1, 0.15) is 11.1 Å². The van der Waals surface area contributed by atoms with E-state index in [1.165, 1.54) is 11.1 Å². The highest BCUT2D eigenvalue weighted by atomic mass is 79.9. The second-order valence-corrected chi connectivity index (χ2v) is 4.66. The van der Waals surface area contributed by atoms with Crippen molar-refractivity contribution in [1.82, 2.24) is 0 Å². The molecule has 72 valence electrons. The molecule has 0 aliphatic carbocycles. The van der Waals surface area contributed by atoms with E-state index in [1.54, 1.807) is 0 Å². The van der Waals surface area contributed by atoms with Gasteiger partial charge in [-0.05, 0) is 24.8 Å². The Bertz CT molecular complexity index is 254. The summed E-state index contributed by atoms with van der Waals surface area (Å²) in [6, 6.07) is 8.73. The van der Waals surface area contributed by atoms with Gasteiger partial charge in [0.1, 0.15) is 0 Å². The van der Waals surface area contributed by atoms with Gasteiger partial charge in [0.05, 0.1) is 0 Å². The second-order valence-electron chi connectivity index (χ2n) is 3.37. The Kier molecular flexibility index (Phi) is 5.04. The summed E-state index contributed by atoms with van der Waals surface area (Å²) >= 11 is 7.04. The van der Waals surface area contributed by atoms with Gasteiger partial charge in [0.25, 0.3) is 0 Å². The van der Waals surface area contributed by atoms with Crippen molar-refractivity contribution in [3.05, 3.63) is 35.4 Å². The molecule has 0 N–H and O–H groups in total. The summed E-state index contributed by atoms with van der Waals surface area (Å²) in [5.74, 6) is 0.696. The highest BCUT2D eigenvalue weighted by Crippen LogP contribution is 2.14. The monoisotopic (exact) mass is 304 g/mol. The predicted molar refractivity (Wildman–Crippen MR) is 66.0 cm³/mol. The standard InChI is InChI=1S/C11H14Br2/c1-9-3-2-4-10(5-9)6-11(7-12)8-13/h2-5,11H,6-8H2,1H3. The van der Waals surface area contributed by atoms with Crippen molar-refractivity contribution in [2.45, 2.75) is 13.3 Å². The van der Waals surface area contributed by atoms with Crippen LogP contribution in [0.25, 0.3) is 0 Å². The van der Waals surface area contributed by atoms with Crippen molar-refractivity contribution >= 4 is 31.9 Å². The minimum Gasteiger partial charge on any atom is -0.0925 e. The number of rotatable bonds is 4. The van der Waals surface area contributed by atoms with E-state index in [9.17, 15) is 0 Å².